The van der Waals surface area contributed by atoms with E-state index >= 15 is 0 Å². The van der Waals surface area contributed by atoms with Crippen LogP contribution in [0.2, 0.25) is 0 Å². The van der Waals surface area contributed by atoms with Crippen LogP contribution < -0.4 is 5.32 Å². The standard InChI is InChI=1S/C16H30N2O2/c1-2-7-17-14(13-6-9-19-12-13)11-18-8-10-20-16-5-3-4-15(16)18/h13-17H,2-12H2,1H3. The van der Waals surface area contributed by atoms with Gasteiger partial charge in [0.05, 0.1) is 19.3 Å². The Balaban J connectivity index is 1.59. The van der Waals surface area contributed by atoms with Crippen molar-refractivity contribution in [2.24, 2.45) is 5.92 Å². The smallest absolute Gasteiger partial charge is 0.0730 e. The van der Waals surface area contributed by atoms with E-state index in [9.17, 15) is 0 Å². The van der Waals surface area contributed by atoms with E-state index in [1.165, 1.54) is 38.6 Å². The molecule has 4 nitrogen and oxygen atoms in total. The van der Waals surface area contributed by atoms with E-state index in [0.29, 0.717) is 24.1 Å². The molecule has 0 spiro atoms. The highest BCUT2D eigenvalue weighted by Crippen LogP contribution is 2.30. The van der Waals surface area contributed by atoms with Crippen LogP contribution in [-0.4, -0.2) is 62.5 Å². The largest absolute Gasteiger partial charge is 0.381 e. The number of nitrogens with one attached hydrogen (secondary N) is 1. The highest BCUT2D eigenvalue weighted by molar-refractivity contribution is 4.92. The van der Waals surface area contributed by atoms with Crippen LogP contribution in [-0.2, 0) is 9.47 Å². The van der Waals surface area contributed by atoms with E-state index in [1.807, 2.05) is 0 Å². The number of nitrogens with zero attached hydrogens (tertiary/aromatic N) is 1. The predicted octanol–water partition coefficient (Wildman–Crippen LogP) is 1.64. The number of fused-ring (bicyclic) bond motifs is 1. The monoisotopic (exact) mass is 282 g/mol. The lowest BCUT2D eigenvalue weighted by Crippen LogP contribution is -2.54. The molecule has 1 saturated carbocycles. The van der Waals surface area contributed by atoms with Gasteiger partial charge >= 0.3 is 0 Å². The lowest BCUT2D eigenvalue weighted by atomic mass is 9.97. The minimum Gasteiger partial charge on any atom is -0.381 e. The molecule has 0 aromatic heterocycles. The summed E-state index contributed by atoms with van der Waals surface area (Å²) < 4.78 is 11.5. The second-order valence-electron chi connectivity index (χ2n) is 6.59. The van der Waals surface area contributed by atoms with Gasteiger partial charge in [-0.05, 0) is 38.6 Å². The molecule has 2 heterocycles. The van der Waals surface area contributed by atoms with E-state index < -0.39 is 0 Å². The lowest BCUT2D eigenvalue weighted by molar-refractivity contribution is -0.0600. The Morgan fingerprint density at radius 3 is 3.00 bits per heavy atom. The van der Waals surface area contributed by atoms with E-state index in [-0.39, 0.29) is 0 Å². The number of hydrogen-bond acceptors (Lipinski definition) is 4. The topological polar surface area (TPSA) is 33.7 Å². The fourth-order valence-electron chi connectivity index (χ4n) is 4.07. The highest BCUT2D eigenvalue weighted by Gasteiger charge is 2.38. The number of rotatable bonds is 6. The van der Waals surface area contributed by atoms with Crippen LogP contribution >= 0.6 is 0 Å². The summed E-state index contributed by atoms with van der Waals surface area (Å²) in [6.45, 7) is 8.47. The van der Waals surface area contributed by atoms with E-state index in [2.05, 4.69) is 17.1 Å². The predicted molar refractivity (Wildman–Crippen MR) is 80.0 cm³/mol. The lowest BCUT2D eigenvalue weighted by Gasteiger charge is -2.40. The molecule has 4 heteroatoms. The summed E-state index contributed by atoms with van der Waals surface area (Å²) in [7, 11) is 0. The molecule has 1 N–H and O–H groups in total. The van der Waals surface area contributed by atoms with Crippen LogP contribution in [0.4, 0.5) is 0 Å². The Morgan fingerprint density at radius 1 is 1.25 bits per heavy atom. The van der Waals surface area contributed by atoms with Gasteiger partial charge in [0, 0.05) is 37.7 Å². The Bertz CT molecular complexity index is 294. The summed E-state index contributed by atoms with van der Waals surface area (Å²) in [6.07, 6.45) is 6.87. The van der Waals surface area contributed by atoms with Gasteiger partial charge in [0.25, 0.3) is 0 Å². The Labute approximate surface area is 123 Å². The van der Waals surface area contributed by atoms with Gasteiger partial charge in [0.15, 0.2) is 0 Å². The van der Waals surface area contributed by atoms with Crippen molar-refractivity contribution in [1.29, 1.82) is 0 Å². The Kier molecular flexibility index (Phi) is 5.32. The zero-order chi connectivity index (χ0) is 13.8. The summed E-state index contributed by atoms with van der Waals surface area (Å²) in [6, 6.07) is 1.27. The molecule has 3 rings (SSSR count). The molecule has 3 fully saturated rings. The molecule has 0 bridgehead atoms. The fraction of sp³-hybridized carbons (Fsp3) is 1.00. The SMILES string of the molecule is CCCNC(CN1CCOC2CCCC21)C1CCOC1. The molecule has 2 saturated heterocycles. The number of ether oxygens (including phenoxy) is 2. The second-order valence-corrected chi connectivity index (χ2v) is 6.59. The van der Waals surface area contributed by atoms with Crippen LogP contribution in [0.15, 0.2) is 0 Å². The molecule has 4 atom stereocenters. The van der Waals surface area contributed by atoms with Gasteiger partial charge in [0.2, 0.25) is 0 Å². The van der Waals surface area contributed by atoms with E-state index in [0.717, 1.165) is 32.9 Å². The second kappa shape index (κ2) is 7.21. The van der Waals surface area contributed by atoms with E-state index in [4.69, 9.17) is 9.47 Å². The summed E-state index contributed by atoms with van der Waals surface area (Å²) in [4.78, 5) is 2.70. The molecule has 3 aliphatic rings. The average molecular weight is 282 g/mol. The quantitative estimate of drug-likeness (QED) is 0.803. The van der Waals surface area contributed by atoms with Crippen molar-refractivity contribution in [2.75, 3.05) is 39.5 Å². The normalized spacial score (nSPS) is 36.1. The van der Waals surface area contributed by atoms with Gasteiger partial charge in [-0.2, -0.15) is 0 Å². The fourth-order valence-corrected chi connectivity index (χ4v) is 4.07. The van der Waals surface area contributed by atoms with Crippen LogP contribution in [0.25, 0.3) is 0 Å². The molecule has 0 radical (unpaired) electrons. The van der Waals surface area contributed by atoms with Crippen molar-refractivity contribution < 1.29 is 9.47 Å². The first-order valence-electron chi connectivity index (χ1n) is 8.55. The molecule has 0 amide bonds. The zero-order valence-electron chi connectivity index (χ0n) is 12.9. The number of morpholine rings is 1. The Morgan fingerprint density at radius 2 is 2.20 bits per heavy atom. The molecule has 4 unspecified atom stereocenters. The molecule has 0 aromatic carbocycles. The van der Waals surface area contributed by atoms with E-state index in [1.54, 1.807) is 0 Å². The van der Waals surface area contributed by atoms with Crippen LogP contribution in [0.3, 0.4) is 0 Å². The number of hydrogen-bond donors (Lipinski definition) is 1. The minimum absolute atomic E-state index is 0.510. The first-order chi connectivity index (χ1) is 9.88. The van der Waals surface area contributed by atoms with Crippen LogP contribution in [0.5, 0.6) is 0 Å². The van der Waals surface area contributed by atoms with Gasteiger partial charge in [-0.3, -0.25) is 4.90 Å². The zero-order valence-corrected chi connectivity index (χ0v) is 12.9. The van der Waals surface area contributed by atoms with Gasteiger partial charge in [-0.15, -0.1) is 0 Å². The maximum atomic E-state index is 5.93. The molecular weight excluding hydrogens is 252 g/mol. The summed E-state index contributed by atoms with van der Waals surface area (Å²) in [5, 5.41) is 3.78. The first-order valence-corrected chi connectivity index (χ1v) is 8.55. The van der Waals surface area contributed by atoms with Crippen molar-refractivity contribution in [1.82, 2.24) is 10.2 Å². The molecule has 0 aromatic rings. The van der Waals surface area contributed by atoms with Crippen molar-refractivity contribution in [2.45, 2.75) is 57.2 Å². The average Bonchev–Trinajstić information content (AvgIpc) is 3.14. The summed E-state index contributed by atoms with van der Waals surface area (Å²) >= 11 is 0. The van der Waals surface area contributed by atoms with Gasteiger partial charge in [0.1, 0.15) is 0 Å². The summed E-state index contributed by atoms with van der Waals surface area (Å²) in [5.74, 6) is 0.698. The summed E-state index contributed by atoms with van der Waals surface area (Å²) in [5.41, 5.74) is 0. The first kappa shape index (κ1) is 14.8. The van der Waals surface area contributed by atoms with Gasteiger partial charge < -0.3 is 14.8 Å². The minimum atomic E-state index is 0.510. The third kappa shape index (κ3) is 3.35. The molecule has 116 valence electrons. The molecule has 1 aliphatic carbocycles. The van der Waals surface area contributed by atoms with Crippen LogP contribution in [0, 0.1) is 5.92 Å². The van der Waals surface area contributed by atoms with Gasteiger partial charge in [-0.25, -0.2) is 0 Å². The van der Waals surface area contributed by atoms with Crippen molar-refractivity contribution in [3.05, 3.63) is 0 Å². The third-order valence-corrected chi connectivity index (χ3v) is 5.22. The highest BCUT2D eigenvalue weighted by atomic mass is 16.5. The van der Waals surface area contributed by atoms with Gasteiger partial charge in [-0.1, -0.05) is 6.92 Å². The molecule has 2 aliphatic heterocycles. The Hall–Kier alpha value is -0.160. The molecule has 20 heavy (non-hydrogen) atoms. The maximum Gasteiger partial charge on any atom is 0.0730 e. The third-order valence-electron chi connectivity index (χ3n) is 5.22. The van der Waals surface area contributed by atoms with Crippen molar-refractivity contribution in [3.8, 4) is 0 Å². The maximum absolute atomic E-state index is 5.93. The molecular formula is C16H30N2O2. The van der Waals surface area contributed by atoms with Crippen LogP contribution in [0.1, 0.15) is 39.0 Å². The van der Waals surface area contributed by atoms with Crippen molar-refractivity contribution in [3.63, 3.8) is 0 Å². The van der Waals surface area contributed by atoms with Crippen molar-refractivity contribution >= 4 is 0 Å².